The molecule has 0 rings (SSSR count). The van der Waals surface area contributed by atoms with Gasteiger partial charge in [-0.2, -0.15) is 0 Å². The SMILES string of the molecule is CC/C=C\C/C=C\C/C=C\C/C=C\CCCCCCCCCCCCC(=O)NC(COP(=O)([O-])OCC[N+](C)(C)C)C(O)/C=C/CC/C=C/CCCCCCCCCCCCCCC. The van der Waals surface area contributed by atoms with Crippen molar-refractivity contribution < 1.29 is 32.9 Å². The van der Waals surface area contributed by atoms with Gasteiger partial charge in [0.2, 0.25) is 5.91 Å². The first-order valence-corrected chi connectivity index (χ1v) is 27.8. The first kappa shape index (κ1) is 61.9. The summed E-state index contributed by atoms with van der Waals surface area (Å²) in [5.41, 5.74) is 0. The number of carbonyl (C=O) groups excluding carboxylic acids is 1. The van der Waals surface area contributed by atoms with Crippen molar-refractivity contribution in [2.45, 2.75) is 231 Å². The van der Waals surface area contributed by atoms with Crippen LogP contribution in [0.15, 0.2) is 72.9 Å². The number of likely N-dealkylation sites (N-methyl/N-ethyl adjacent to an activating group) is 1. The molecule has 0 fully saturated rings. The van der Waals surface area contributed by atoms with Crippen LogP contribution >= 0.6 is 7.82 Å². The van der Waals surface area contributed by atoms with E-state index in [1.165, 1.54) is 128 Å². The molecule has 3 unspecified atom stereocenters. The van der Waals surface area contributed by atoms with Crippen LogP contribution in [-0.4, -0.2) is 68.5 Å². The highest BCUT2D eigenvalue weighted by Crippen LogP contribution is 2.38. The van der Waals surface area contributed by atoms with E-state index in [9.17, 15) is 19.4 Å². The van der Waals surface area contributed by atoms with Crippen LogP contribution < -0.4 is 10.2 Å². The van der Waals surface area contributed by atoms with Crippen molar-refractivity contribution in [3.8, 4) is 0 Å². The predicted molar refractivity (Wildman–Crippen MR) is 274 cm³/mol. The Morgan fingerprint density at radius 2 is 0.969 bits per heavy atom. The van der Waals surface area contributed by atoms with E-state index in [0.29, 0.717) is 17.4 Å². The van der Waals surface area contributed by atoms with Crippen molar-refractivity contribution in [3.63, 3.8) is 0 Å². The molecule has 0 heterocycles. The molecule has 0 aromatic heterocycles. The van der Waals surface area contributed by atoms with E-state index < -0.39 is 26.6 Å². The summed E-state index contributed by atoms with van der Waals surface area (Å²) in [5.74, 6) is -0.214. The Morgan fingerprint density at radius 3 is 1.45 bits per heavy atom. The standard InChI is InChI=1S/C55H101N2O6P/c1-6-8-10-12-14-16-18-20-22-24-26-27-28-29-31-33-35-37-39-41-43-45-47-49-55(59)56-53(52-63-64(60,61)62-51-50-57(3,4)5)54(58)48-46-44-42-40-38-36-34-32-30-25-23-21-19-17-15-13-11-9-7-2/h8,10,14,16,20,22,26-27,38,40,46,48,53-54,58H,6-7,9,11-13,15,17-19,21,23-25,28-37,39,41-45,47,49-52H2,1-5H3,(H-,56,59,60,61)/b10-8-,16-14-,22-20-,27-26-,40-38+,48-46+. The molecule has 0 aromatic carbocycles. The average molecular weight is 917 g/mol. The van der Waals surface area contributed by atoms with Crippen molar-refractivity contribution in [2.75, 3.05) is 40.9 Å². The Kier molecular flexibility index (Phi) is 44.6. The molecule has 0 spiro atoms. The number of carbonyl (C=O) groups is 1. The largest absolute Gasteiger partial charge is 0.756 e. The van der Waals surface area contributed by atoms with Gasteiger partial charge < -0.3 is 28.8 Å². The second-order valence-corrected chi connectivity index (χ2v) is 20.2. The van der Waals surface area contributed by atoms with Gasteiger partial charge in [0.05, 0.1) is 39.9 Å². The number of nitrogens with one attached hydrogen (secondary N) is 1. The number of hydrogen-bond acceptors (Lipinski definition) is 6. The van der Waals surface area contributed by atoms with Gasteiger partial charge in [0.25, 0.3) is 7.82 Å². The minimum absolute atomic E-state index is 0.0100. The third-order valence-electron chi connectivity index (χ3n) is 11.4. The molecule has 0 radical (unpaired) electrons. The highest BCUT2D eigenvalue weighted by molar-refractivity contribution is 7.45. The number of aliphatic hydroxyl groups excluding tert-OH is 1. The summed E-state index contributed by atoms with van der Waals surface area (Å²) in [6.45, 7) is 4.52. The van der Waals surface area contributed by atoms with Crippen molar-refractivity contribution in [3.05, 3.63) is 72.9 Å². The lowest BCUT2D eigenvalue weighted by molar-refractivity contribution is -0.870. The van der Waals surface area contributed by atoms with Crippen LogP contribution in [0, 0.1) is 0 Å². The Balaban J connectivity index is 4.34. The normalized spacial score (nSPS) is 14.7. The molecular weight excluding hydrogens is 816 g/mol. The number of quaternary nitrogens is 1. The van der Waals surface area contributed by atoms with Gasteiger partial charge in [-0.3, -0.25) is 9.36 Å². The molecular formula is C55H101N2O6P. The van der Waals surface area contributed by atoms with E-state index in [2.05, 4.69) is 79.9 Å². The second kappa shape index (κ2) is 46.1. The maximum atomic E-state index is 12.9. The molecule has 0 aliphatic rings. The summed E-state index contributed by atoms with van der Waals surface area (Å²) in [6.07, 6.45) is 62.5. The van der Waals surface area contributed by atoms with Crippen LogP contribution in [0.1, 0.15) is 219 Å². The minimum Gasteiger partial charge on any atom is -0.756 e. The van der Waals surface area contributed by atoms with Gasteiger partial charge in [-0.1, -0.05) is 215 Å². The Labute approximate surface area is 395 Å². The molecule has 0 aliphatic heterocycles. The van der Waals surface area contributed by atoms with Crippen LogP contribution in [0.3, 0.4) is 0 Å². The number of hydrogen-bond donors (Lipinski definition) is 2. The Bertz CT molecular complexity index is 1270. The minimum atomic E-state index is -4.61. The number of rotatable bonds is 47. The summed E-state index contributed by atoms with van der Waals surface area (Å²) in [6, 6.07) is -0.909. The monoisotopic (exact) mass is 917 g/mol. The van der Waals surface area contributed by atoms with Gasteiger partial charge in [-0.15, -0.1) is 0 Å². The number of allylic oxidation sites excluding steroid dienone is 11. The first-order valence-electron chi connectivity index (χ1n) is 26.3. The van der Waals surface area contributed by atoms with Crippen molar-refractivity contribution in [1.29, 1.82) is 0 Å². The zero-order valence-electron chi connectivity index (χ0n) is 42.2. The summed E-state index contributed by atoms with van der Waals surface area (Å²) < 4.78 is 23.3. The van der Waals surface area contributed by atoms with Crippen LogP contribution in [0.5, 0.6) is 0 Å². The lowest BCUT2D eigenvalue weighted by Crippen LogP contribution is -2.45. The fourth-order valence-electron chi connectivity index (χ4n) is 7.28. The Morgan fingerprint density at radius 1 is 0.562 bits per heavy atom. The molecule has 3 atom stereocenters. The fraction of sp³-hybridized carbons (Fsp3) is 0.764. The van der Waals surface area contributed by atoms with Crippen LogP contribution in [0.25, 0.3) is 0 Å². The van der Waals surface area contributed by atoms with Gasteiger partial charge >= 0.3 is 0 Å². The van der Waals surface area contributed by atoms with Gasteiger partial charge in [0, 0.05) is 6.42 Å². The third kappa shape index (κ3) is 47.9. The molecule has 0 aliphatic carbocycles. The first-order chi connectivity index (χ1) is 31.0. The second-order valence-electron chi connectivity index (χ2n) is 18.8. The molecule has 2 N–H and O–H groups in total. The number of phosphoric ester groups is 1. The summed E-state index contributed by atoms with van der Waals surface area (Å²) >= 11 is 0. The van der Waals surface area contributed by atoms with Crippen molar-refractivity contribution in [1.82, 2.24) is 5.32 Å². The molecule has 0 aromatic rings. The van der Waals surface area contributed by atoms with Crippen LogP contribution in [-0.2, 0) is 18.4 Å². The highest BCUT2D eigenvalue weighted by Gasteiger charge is 2.23. The van der Waals surface area contributed by atoms with Crippen molar-refractivity contribution in [2.24, 2.45) is 0 Å². The topological polar surface area (TPSA) is 108 Å². The zero-order chi connectivity index (χ0) is 47.1. The molecule has 372 valence electrons. The molecule has 1 amide bonds. The summed E-state index contributed by atoms with van der Waals surface area (Å²) in [7, 11) is 1.23. The van der Waals surface area contributed by atoms with Gasteiger partial charge in [-0.25, -0.2) is 0 Å². The fourth-order valence-corrected chi connectivity index (χ4v) is 8.00. The lowest BCUT2D eigenvalue weighted by atomic mass is 10.0. The van der Waals surface area contributed by atoms with Crippen LogP contribution in [0.4, 0.5) is 0 Å². The highest BCUT2D eigenvalue weighted by atomic mass is 31.2. The van der Waals surface area contributed by atoms with Crippen LogP contribution in [0.2, 0.25) is 0 Å². The summed E-state index contributed by atoms with van der Waals surface area (Å²) in [5, 5.41) is 13.8. The molecule has 0 bridgehead atoms. The van der Waals surface area contributed by atoms with Gasteiger partial charge in [0.15, 0.2) is 0 Å². The third-order valence-corrected chi connectivity index (χ3v) is 12.4. The molecule has 0 saturated carbocycles. The Hall–Kier alpha value is -2.06. The number of unbranched alkanes of at least 4 members (excludes halogenated alkanes) is 24. The average Bonchev–Trinajstić information content (AvgIpc) is 3.25. The van der Waals surface area contributed by atoms with E-state index >= 15 is 0 Å². The van der Waals surface area contributed by atoms with Gasteiger partial charge in [0.1, 0.15) is 13.2 Å². The maximum Gasteiger partial charge on any atom is 0.268 e. The number of nitrogens with zero attached hydrogens (tertiary/aromatic N) is 1. The van der Waals surface area contributed by atoms with E-state index in [-0.39, 0.29) is 12.5 Å². The predicted octanol–water partition coefficient (Wildman–Crippen LogP) is 14.9. The lowest BCUT2D eigenvalue weighted by Gasteiger charge is -2.29. The summed E-state index contributed by atoms with van der Waals surface area (Å²) in [4.78, 5) is 25.4. The zero-order valence-corrected chi connectivity index (χ0v) is 43.1. The number of aliphatic hydroxyl groups is 1. The van der Waals surface area contributed by atoms with Gasteiger partial charge in [-0.05, 0) is 70.6 Å². The van der Waals surface area contributed by atoms with E-state index in [1.807, 2.05) is 27.2 Å². The number of phosphoric acid groups is 1. The van der Waals surface area contributed by atoms with E-state index in [1.54, 1.807) is 6.08 Å². The molecule has 0 saturated heterocycles. The van der Waals surface area contributed by atoms with E-state index in [0.717, 1.165) is 70.6 Å². The quantitative estimate of drug-likeness (QED) is 0.0272. The van der Waals surface area contributed by atoms with E-state index in [4.69, 9.17) is 9.05 Å². The smallest absolute Gasteiger partial charge is 0.268 e. The molecule has 8 nitrogen and oxygen atoms in total. The molecule has 64 heavy (non-hydrogen) atoms. The van der Waals surface area contributed by atoms with Crippen molar-refractivity contribution >= 4 is 13.7 Å². The molecule has 9 heteroatoms. The number of amides is 1. The maximum absolute atomic E-state index is 12.9.